The maximum absolute atomic E-state index is 12.4. The molecule has 1 aromatic heterocycles. The van der Waals surface area contributed by atoms with Gasteiger partial charge in [-0.2, -0.15) is 5.10 Å². The number of amides is 3. The first kappa shape index (κ1) is 18.9. The molecule has 1 aliphatic rings. The number of fused-ring (bicyclic) bond motifs is 1. The number of benzene rings is 1. The van der Waals surface area contributed by atoms with E-state index in [0.717, 1.165) is 23.7 Å². The van der Waals surface area contributed by atoms with Crippen molar-refractivity contribution in [3.63, 3.8) is 0 Å². The van der Waals surface area contributed by atoms with Crippen molar-refractivity contribution in [3.05, 3.63) is 30.0 Å². The number of nitrogens with one attached hydrogen (secondary N) is 2. The summed E-state index contributed by atoms with van der Waals surface area (Å²) in [6, 6.07) is 7.61. The second-order valence-electron chi connectivity index (χ2n) is 6.87. The molecular formula is C19H25N5O3. The van der Waals surface area contributed by atoms with Crippen molar-refractivity contribution >= 4 is 28.6 Å². The molecule has 144 valence electrons. The van der Waals surface area contributed by atoms with Crippen molar-refractivity contribution in [2.24, 2.45) is 0 Å². The average molecular weight is 371 g/mol. The lowest BCUT2D eigenvalue weighted by molar-refractivity contribution is -0.134. The number of carbonyl (C=O) groups excluding carboxylic acids is 3. The largest absolute Gasteiger partial charge is 0.350 e. The van der Waals surface area contributed by atoms with Gasteiger partial charge in [-0.3, -0.25) is 19.5 Å². The highest BCUT2D eigenvalue weighted by molar-refractivity contribution is 6.04. The maximum Gasteiger partial charge on any atom is 0.272 e. The molecule has 3 rings (SSSR count). The smallest absolute Gasteiger partial charge is 0.272 e. The van der Waals surface area contributed by atoms with E-state index in [4.69, 9.17) is 0 Å². The van der Waals surface area contributed by atoms with E-state index in [2.05, 4.69) is 15.5 Å². The minimum absolute atomic E-state index is 0.0195. The summed E-state index contributed by atoms with van der Waals surface area (Å²) in [5.41, 5.74) is 1.14. The number of aromatic nitrogens is 2. The van der Waals surface area contributed by atoms with Crippen LogP contribution in [0.5, 0.6) is 0 Å². The second-order valence-corrected chi connectivity index (χ2v) is 6.87. The van der Waals surface area contributed by atoms with Gasteiger partial charge in [-0.25, -0.2) is 0 Å². The van der Waals surface area contributed by atoms with Gasteiger partial charge in [0.1, 0.15) is 0 Å². The van der Waals surface area contributed by atoms with Crippen molar-refractivity contribution in [1.29, 1.82) is 0 Å². The van der Waals surface area contributed by atoms with Gasteiger partial charge >= 0.3 is 0 Å². The molecule has 0 spiro atoms. The number of rotatable bonds is 5. The van der Waals surface area contributed by atoms with Crippen LogP contribution in [0.4, 0.5) is 0 Å². The van der Waals surface area contributed by atoms with Crippen LogP contribution in [0.15, 0.2) is 24.3 Å². The standard InChI is InChI=1S/C19H25N5O3/c1-13(25)23(2)14-8-11-24(12-9-14)17(26)7-10-20-19(27)18-15-5-3-4-6-16(15)21-22-18/h3-6,14H,7-12H2,1-2H3,(H,20,27)(H,21,22). The predicted octanol–water partition coefficient (Wildman–Crippen LogP) is 1.15. The number of hydrogen-bond acceptors (Lipinski definition) is 4. The molecule has 2 aromatic rings. The number of aromatic amines is 1. The van der Waals surface area contributed by atoms with Gasteiger partial charge in [-0.05, 0) is 18.9 Å². The van der Waals surface area contributed by atoms with Crippen LogP contribution >= 0.6 is 0 Å². The second kappa shape index (κ2) is 8.20. The van der Waals surface area contributed by atoms with E-state index in [1.165, 1.54) is 0 Å². The monoisotopic (exact) mass is 371 g/mol. The molecule has 8 heteroatoms. The zero-order valence-electron chi connectivity index (χ0n) is 15.7. The Morgan fingerprint density at radius 3 is 2.67 bits per heavy atom. The van der Waals surface area contributed by atoms with E-state index in [1.807, 2.05) is 24.3 Å². The molecule has 0 atom stereocenters. The Morgan fingerprint density at radius 2 is 1.96 bits per heavy atom. The van der Waals surface area contributed by atoms with Gasteiger partial charge in [0.25, 0.3) is 5.91 Å². The number of hydrogen-bond donors (Lipinski definition) is 2. The Hall–Kier alpha value is -2.90. The van der Waals surface area contributed by atoms with E-state index in [9.17, 15) is 14.4 Å². The summed E-state index contributed by atoms with van der Waals surface area (Å²) in [7, 11) is 1.80. The summed E-state index contributed by atoms with van der Waals surface area (Å²) in [5, 5.41) is 10.4. The minimum Gasteiger partial charge on any atom is -0.350 e. The van der Waals surface area contributed by atoms with Crippen LogP contribution in [0.2, 0.25) is 0 Å². The van der Waals surface area contributed by atoms with Crippen LogP contribution in [0.25, 0.3) is 10.9 Å². The highest BCUT2D eigenvalue weighted by Gasteiger charge is 2.26. The first-order chi connectivity index (χ1) is 13.0. The molecule has 3 amide bonds. The summed E-state index contributed by atoms with van der Waals surface area (Å²) in [6.45, 7) is 3.10. The van der Waals surface area contributed by atoms with Crippen LogP contribution in [-0.4, -0.2) is 70.4 Å². The third-order valence-corrected chi connectivity index (χ3v) is 5.17. The predicted molar refractivity (Wildman–Crippen MR) is 101 cm³/mol. The molecule has 8 nitrogen and oxygen atoms in total. The lowest BCUT2D eigenvalue weighted by Crippen LogP contribution is -2.47. The number of para-hydroxylation sites is 1. The zero-order valence-corrected chi connectivity index (χ0v) is 15.7. The molecule has 0 saturated carbocycles. The summed E-state index contributed by atoms with van der Waals surface area (Å²) in [4.78, 5) is 39.7. The summed E-state index contributed by atoms with van der Waals surface area (Å²) < 4.78 is 0. The Kier molecular flexibility index (Phi) is 5.73. The molecule has 2 N–H and O–H groups in total. The number of nitrogens with zero attached hydrogens (tertiary/aromatic N) is 3. The molecule has 0 radical (unpaired) electrons. The van der Waals surface area contributed by atoms with Gasteiger partial charge in [-0.1, -0.05) is 18.2 Å². The highest BCUT2D eigenvalue weighted by Crippen LogP contribution is 2.17. The number of carbonyl (C=O) groups is 3. The fourth-order valence-electron chi connectivity index (χ4n) is 3.42. The van der Waals surface area contributed by atoms with Crippen molar-refractivity contribution in [1.82, 2.24) is 25.3 Å². The van der Waals surface area contributed by atoms with Crippen molar-refractivity contribution in [2.45, 2.75) is 32.2 Å². The Bertz CT molecular complexity index is 839. The molecule has 1 aromatic carbocycles. The van der Waals surface area contributed by atoms with Gasteiger partial charge < -0.3 is 15.1 Å². The third-order valence-electron chi connectivity index (χ3n) is 5.17. The van der Waals surface area contributed by atoms with Gasteiger partial charge in [0.05, 0.1) is 5.52 Å². The van der Waals surface area contributed by atoms with Gasteiger partial charge in [0, 0.05) is 51.5 Å². The van der Waals surface area contributed by atoms with E-state index in [1.54, 1.807) is 23.8 Å². The molecule has 0 unspecified atom stereocenters. The molecule has 27 heavy (non-hydrogen) atoms. The zero-order chi connectivity index (χ0) is 19.4. The quantitative estimate of drug-likeness (QED) is 0.824. The Balaban J connectivity index is 1.45. The van der Waals surface area contributed by atoms with E-state index in [-0.39, 0.29) is 36.7 Å². The molecular weight excluding hydrogens is 346 g/mol. The van der Waals surface area contributed by atoms with E-state index in [0.29, 0.717) is 18.8 Å². The van der Waals surface area contributed by atoms with Gasteiger partial charge in [0.2, 0.25) is 11.8 Å². The lowest BCUT2D eigenvalue weighted by Gasteiger charge is -2.36. The van der Waals surface area contributed by atoms with Crippen LogP contribution in [-0.2, 0) is 9.59 Å². The normalized spacial score (nSPS) is 15.0. The number of H-pyrrole nitrogens is 1. The molecule has 0 bridgehead atoms. The van der Waals surface area contributed by atoms with Gasteiger partial charge in [0.15, 0.2) is 5.69 Å². The first-order valence-electron chi connectivity index (χ1n) is 9.20. The van der Waals surface area contributed by atoms with Crippen LogP contribution in [0.1, 0.15) is 36.7 Å². The molecule has 0 aliphatic carbocycles. The summed E-state index contributed by atoms with van der Waals surface area (Å²) in [6.07, 6.45) is 1.82. The molecule has 1 fully saturated rings. The summed E-state index contributed by atoms with van der Waals surface area (Å²) >= 11 is 0. The maximum atomic E-state index is 12.4. The van der Waals surface area contributed by atoms with Gasteiger partial charge in [-0.15, -0.1) is 0 Å². The molecule has 2 heterocycles. The number of likely N-dealkylation sites (tertiary alicyclic amines) is 1. The first-order valence-corrected chi connectivity index (χ1v) is 9.20. The Labute approximate surface area is 157 Å². The van der Waals surface area contributed by atoms with Crippen LogP contribution in [0.3, 0.4) is 0 Å². The van der Waals surface area contributed by atoms with Crippen LogP contribution < -0.4 is 5.32 Å². The fourth-order valence-corrected chi connectivity index (χ4v) is 3.42. The Morgan fingerprint density at radius 1 is 1.26 bits per heavy atom. The minimum atomic E-state index is -0.290. The third kappa shape index (κ3) is 4.27. The highest BCUT2D eigenvalue weighted by atomic mass is 16.2. The van der Waals surface area contributed by atoms with Crippen molar-refractivity contribution in [2.75, 3.05) is 26.7 Å². The average Bonchev–Trinajstić information content (AvgIpc) is 3.11. The SMILES string of the molecule is CC(=O)N(C)C1CCN(C(=O)CCNC(=O)c2n[nH]c3ccccc23)CC1. The number of piperidine rings is 1. The summed E-state index contributed by atoms with van der Waals surface area (Å²) in [5.74, 6) is -0.221. The molecule has 1 aliphatic heterocycles. The topological polar surface area (TPSA) is 98.4 Å². The van der Waals surface area contributed by atoms with Crippen LogP contribution in [0, 0.1) is 0 Å². The van der Waals surface area contributed by atoms with Crippen molar-refractivity contribution < 1.29 is 14.4 Å². The lowest BCUT2D eigenvalue weighted by atomic mass is 10.0. The molecule has 1 saturated heterocycles. The van der Waals surface area contributed by atoms with Crippen molar-refractivity contribution in [3.8, 4) is 0 Å². The van der Waals surface area contributed by atoms with E-state index < -0.39 is 0 Å². The van der Waals surface area contributed by atoms with E-state index >= 15 is 0 Å². The fraction of sp³-hybridized carbons (Fsp3) is 0.474.